The second kappa shape index (κ2) is 6.41. The molecule has 2 aromatic rings. The van der Waals surface area contributed by atoms with Gasteiger partial charge in [0.05, 0.1) is 23.2 Å². The summed E-state index contributed by atoms with van der Waals surface area (Å²) in [6.07, 6.45) is 0. The predicted octanol–water partition coefficient (Wildman–Crippen LogP) is 3.59. The molecule has 98 valence electrons. The van der Waals surface area contributed by atoms with Gasteiger partial charge in [-0.05, 0) is 24.1 Å². The lowest BCUT2D eigenvalue weighted by atomic mass is 10.00. The smallest absolute Gasteiger partial charge is 0.102 e. The van der Waals surface area contributed by atoms with Crippen LogP contribution in [-0.4, -0.2) is 6.54 Å². The van der Waals surface area contributed by atoms with E-state index in [0.717, 1.165) is 16.8 Å². The van der Waals surface area contributed by atoms with Crippen molar-refractivity contribution in [2.24, 2.45) is 0 Å². The Bertz CT molecular complexity index is 663. The number of nitrogens with one attached hydrogen (secondary N) is 1. The molecule has 20 heavy (non-hydrogen) atoms. The summed E-state index contributed by atoms with van der Waals surface area (Å²) in [5.41, 5.74) is 3.33. The van der Waals surface area contributed by atoms with Crippen LogP contribution in [0.3, 0.4) is 0 Å². The van der Waals surface area contributed by atoms with Crippen molar-refractivity contribution in [2.75, 3.05) is 11.9 Å². The summed E-state index contributed by atoms with van der Waals surface area (Å²) in [4.78, 5) is 0. The van der Waals surface area contributed by atoms with Crippen LogP contribution in [0.2, 0.25) is 0 Å². The van der Waals surface area contributed by atoms with Crippen molar-refractivity contribution in [3.63, 3.8) is 0 Å². The molecule has 0 bridgehead atoms. The van der Waals surface area contributed by atoms with E-state index in [4.69, 9.17) is 0 Å². The number of rotatable bonds is 4. The third-order valence-electron chi connectivity index (χ3n) is 3.24. The maximum Gasteiger partial charge on any atom is 0.102 e. The zero-order chi connectivity index (χ0) is 14.4. The van der Waals surface area contributed by atoms with Gasteiger partial charge in [-0.3, -0.25) is 0 Å². The molecule has 0 aliphatic carbocycles. The maximum atomic E-state index is 9.28. The molecule has 0 heterocycles. The Balaban J connectivity index is 2.15. The van der Waals surface area contributed by atoms with Crippen molar-refractivity contribution in [3.8, 4) is 12.1 Å². The van der Waals surface area contributed by atoms with Gasteiger partial charge in [0.1, 0.15) is 6.07 Å². The van der Waals surface area contributed by atoms with Gasteiger partial charge in [0.2, 0.25) is 0 Å². The number of nitriles is 2. The molecule has 3 heteroatoms. The molecule has 0 radical (unpaired) electrons. The molecule has 1 N–H and O–H groups in total. The first kappa shape index (κ1) is 13.6. The summed E-state index contributed by atoms with van der Waals surface area (Å²) in [6.45, 7) is 2.39. The standard InChI is InChI=1S/C17H15N3/c1-13-6-5-9-17(16(13)11-19)20-12-15(10-18)14-7-3-2-4-8-14/h2-9,15,20H,12H2,1H3. The first-order valence-electron chi connectivity index (χ1n) is 6.44. The zero-order valence-electron chi connectivity index (χ0n) is 11.3. The van der Waals surface area contributed by atoms with Gasteiger partial charge in [-0.15, -0.1) is 0 Å². The molecule has 0 aliphatic rings. The van der Waals surface area contributed by atoms with E-state index < -0.39 is 0 Å². The molecule has 0 saturated carbocycles. The van der Waals surface area contributed by atoms with Crippen LogP contribution < -0.4 is 5.32 Å². The van der Waals surface area contributed by atoms with Gasteiger partial charge in [0, 0.05) is 6.54 Å². The zero-order valence-corrected chi connectivity index (χ0v) is 11.3. The van der Waals surface area contributed by atoms with E-state index in [1.165, 1.54) is 0 Å². The Morgan fingerprint density at radius 1 is 1.05 bits per heavy atom. The monoisotopic (exact) mass is 261 g/mol. The number of aryl methyl sites for hydroxylation is 1. The lowest BCUT2D eigenvalue weighted by Gasteiger charge is -2.13. The molecule has 2 rings (SSSR count). The molecule has 0 saturated heterocycles. The SMILES string of the molecule is Cc1cccc(NCC(C#N)c2ccccc2)c1C#N. The van der Waals surface area contributed by atoms with Crippen LogP contribution in [0.15, 0.2) is 48.5 Å². The van der Waals surface area contributed by atoms with Crippen molar-refractivity contribution in [3.05, 3.63) is 65.2 Å². The second-order valence-electron chi connectivity index (χ2n) is 4.58. The Morgan fingerprint density at radius 3 is 2.45 bits per heavy atom. The number of nitrogens with zero attached hydrogens (tertiary/aromatic N) is 2. The quantitative estimate of drug-likeness (QED) is 0.915. The van der Waals surface area contributed by atoms with Crippen LogP contribution in [0.1, 0.15) is 22.6 Å². The van der Waals surface area contributed by atoms with Gasteiger partial charge in [0.15, 0.2) is 0 Å². The normalized spacial score (nSPS) is 11.2. The average molecular weight is 261 g/mol. The fourth-order valence-corrected chi connectivity index (χ4v) is 2.10. The number of hydrogen-bond donors (Lipinski definition) is 1. The lowest BCUT2D eigenvalue weighted by Crippen LogP contribution is -2.12. The Labute approximate surface area is 119 Å². The van der Waals surface area contributed by atoms with Crippen molar-refractivity contribution < 1.29 is 0 Å². The van der Waals surface area contributed by atoms with Crippen LogP contribution in [0.4, 0.5) is 5.69 Å². The minimum atomic E-state index is -0.233. The highest BCUT2D eigenvalue weighted by atomic mass is 14.9. The third kappa shape index (κ3) is 2.96. The Kier molecular flexibility index (Phi) is 4.37. The van der Waals surface area contributed by atoms with E-state index in [2.05, 4.69) is 17.5 Å². The minimum absolute atomic E-state index is 0.233. The molecule has 0 fully saturated rings. The minimum Gasteiger partial charge on any atom is -0.382 e. The molecular weight excluding hydrogens is 246 g/mol. The first-order valence-corrected chi connectivity index (χ1v) is 6.44. The second-order valence-corrected chi connectivity index (χ2v) is 4.58. The summed E-state index contributed by atoms with van der Waals surface area (Å²) in [5, 5.41) is 21.7. The molecule has 2 aromatic carbocycles. The van der Waals surface area contributed by atoms with Crippen LogP contribution in [0.5, 0.6) is 0 Å². The first-order chi connectivity index (χ1) is 9.76. The highest BCUT2D eigenvalue weighted by molar-refractivity contribution is 5.60. The van der Waals surface area contributed by atoms with Gasteiger partial charge in [-0.25, -0.2) is 0 Å². The van der Waals surface area contributed by atoms with Gasteiger partial charge >= 0.3 is 0 Å². The molecule has 1 unspecified atom stereocenters. The molecule has 0 aliphatic heterocycles. The van der Waals surface area contributed by atoms with E-state index in [1.54, 1.807) is 0 Å². The van der Waals surface area contributed by atoms with Gasteiger partial charge in [-0.1, -0.05) is 42.5 Å². The van der Waals surface area contributed by atoms with Crippen molar-refractivity contribution >= 4 is 5.69 Å². The molecular formula is C17H15N3. The van der Waals surface area contributed by atoms with E-state index in [9.17, 15) is 10.5 Å². The van der Waals surface area contributed by atoms with Crippen molar-refractivity contribution in [1.29, 1.82) is 10.5 Å². The molecule has 0 amide bonds. The van der Waals surface area contributed by atoms with Crippen LogP contribution >= 0.6 is 0 Å². The molecule has 0 spiro atoms. The highest BCUT2D eigenvalue weighted by Gasteiger charge is 2.11. The van der Waals surface area contributed by atoms with E-state index in [-0.39, 0.29) is 5.92 Å². The van der Waals surface area contributed by atoms with E-state index in [0.29, 0.717) is 12.1 Å². The maximum absolute atomic E-state index is 9.28. The lowest BCUT2D eigenvalue weighted by molar-refractivity contribution is 0.900. The summed E-state index contributed by atoms with van der Waals surface area (Å²) in [6, 6.07) is 19.8. The number of anilines is 1. The highest BCUT2D eigenvalue weighted by Crippen LogP contribution is 2.21. The fourth-order valence-electron chi connectivity index (χ4n) is 2.10. The van der Waals surface area contributed by atoms with Gasteiger partial charge in [-0.2, -0.15) is 10.5 Å². The van der Waals surface area contributed by atoms with E-state index >= 15 is 0 Å². The number of hydrogen-bond acceptors (Lipinski definition) is 3. The molecule has 0 aromatic heterocycles. The summed E-state index contributed by atoms with van der Waals surface area (Å²) in [7, 11) is 0. The Morgan fingerprint density at radius 2 is 1.80 bits per heavy atom. The Hall–Kier alpha value is -2.78. The third-order valence-corrected chi connectivity index (χ3v) is 3.24. The van der Waals surface area contributed by atoms with Gasteiger partial charge < -0.3 is 5.32 Å². The predicted molar refractivity (Wildman–Crippen MR) is 79.2 cm³/mol. The number of benzene rings is 2. The largest absolute Gasteiger partial charge is 0.382 e. The summed E-state index contributed by atoms with van der Waals surface area (Å²) >= 11 is 0. The summed E-state index contributed by atoms with van der Waals surface area (Å²) < 4.78 is 0. The van der Waals surface area contributed by atoms with Crippen LogP contribution in [0.25, 0.3) is 0 Å². The van der Waals surface area contributed by atoms with E-state index in [1.807, 2.05) is 55.5 Å². The molecule has 3 nitrogen and oxygen atoms in total. The average Bonchev–Trinajstić information content (AvgIpc) is 2.49. The topological polar surface area (TPSA) is 59.6 Å². The summed E-state index contributed by atoms with van der Waals surface area (Å²) in [5.74, 6) is -0.233. The van der Waals surface area contributed by atoms with Crippen LogP contribution in [0, 0.1) is 29.6 Å². The van der Waals surface area contributed by atoms with Crippen molar-refractivity contribution in [1.82, 2.24) is 0 Å². The van der Waals surface area contributed by atoms with Crippen molar-refractivity contribution in [2.45, 2.75) is 12.8 Å². The van der Waals surface area contributed by atoms with Gasteiger partial charge in [0.25, 0.3) is 0 Å². The molecule has 1 atom stereocenters. The van der Waals surface area contributed by atoms with Crippen LogP contribution in [-0.2, 0) is 0 Å². The fraction of sp³-hybridized carbons (Fsp3) is 0.176.